The van der Waals surface area contributed by atoms with Gasteiger partial charge in [0.25, 0.3) is 0 Å². The third kappa shape index (κ3) is 4.91. The number of rotatable bonds is 3. The Balaban J connectivity index is 0.00000116. The molecule has 2 aromatic rings. The number of Topliss-reactive ketones (excluding diaryl/α,β-unsaturated/α-hetero) is 2. The van der Waals surface area contributed by atoms with Crippen molar-refractivity contribution in [1.82, 2.24) is 0 Å². The fourth-order valence-corrected chi connectivity index (χ4v) is 6.97. The van der Waals surface area contributed by atoms with Crippen LogP contribution in [0.2, 0.25) is 0 Å². The van der Waals surface area contributed by atoms with Crippen molar-refractivity contribution in [3.8, 4) is 34.1 Å². The van der Waals surface area contributed by atoms with Crippen molar-refractivity contribution < 1.29 is 59.2 Å². The number of carbonyl (C=O) groups is 2. The maximum absolute atomic E-state index is 13.8. The first-order chi connectivity index (χ1) is 21.8. The number of hydrogen-bond donors (Lipinski definition) is 6. The molecule has 2 aliphatic carbocycles. The fourth-order valence-electron chi connectivity index (χ4n) is 6.97. The highest BCUT2D eigenvalue weighted by Crippen LogP contribution is 2.54. The number of carbonyl (C=O) groups excluding carboxylic acids is 2. The van der Waals surface area contributed by atoms with E-state index in [4.69, 9.17) is 29.2 Å². The van der Waals surface area contributed by atoms with E-state index in [0.717, 1.165) is 14.2 Å². The lowest BCUT2D eigenvalue weighted by Gasteiger charge is -2.45. The van der Waals surface area contributed by atoms with E-state index in [1.807, 2.05) is 0 Å². The Hall–Kier alpha value is -3.78. The van der Waals surface area contributed by atoms with Gasteiger partial charge in [-0.25, -0.2) is 0 Å². The Morgan fingerprint density at radius 3 is 1.30 bits per heavy atom. The number of phenolic OH excluding ortho intramolecular Hbond substituents is 2. The number of aliphatic hydroxyl groups is 4. The van der Waals surface area contributed by atoms with E-state index < -0.39 is 58.7 Å². The number of fused-ring (bicyclic) bond motifs is 4. The number of aromatic hydroxyl groups is 2. The molecule has 0 amide bonds. The molecule has 2 aliphatic heterocycles. The molecule has 2 aromatic carbocycles. The number of ether oxygens (including phenoxy) is 4. The summed E-state index contributed by atoms with van der Waals surface area (Å²) in [5, 5.41) is 59.2. The summed E-state index contributed by atoms with van der Waals surface area (Å²) in [6.45, 7) is 6.59. The quantitative estimate of drug-likeness (QED) is 0.287. The highest BCUT2D eigenvalue weighted by atomic mass is 16.5. The zero-order valence-corrected chi connectivity index (χ0v) is 27.2. The topological polar surface area (TPSA) is 192 Å². The van der Waals surface area contributed by atoms with Gasteiger partial charge in [-0.2, -0.15) is 0 Å². The van der Waals surface area contributed by atoms with Crippen molar-refractivity contribution in [1.29, 1.82) is 0 Å². The van der Waals surface area contributed by atoms with Crippen LogP contribution < -0.4 is 9.47 Å². The Labute approximate surface area is 267 Å². The SMILES string of the molecule is CO.CO.CO[C@H]1CC=C2C(=O)c3c(cc(C)c(-c4c(C)cc5c(c4O)C(=O)C4=CC[C@H](OC)[C@@H](O)[C@]4(C)O5)c3O)O[C@@]2(C)[C@@H]1O. The van der Waals surface area contributed by atoms with E-state index in [2.05, 4.69) is 0 Å². The number of phenols is 2. The van der Waals surface area contributed by atoms with E-state index in [9.17, 15) is 30.0 Å². The van der Waals surface area contributed by atoms with Crippen LogP contribution in [0.25, 0.3) is 11.1 Å². The van der Waals surface area contributed by atoms with Crippen molar-refractivity contribution in [2.45, 2.75) is 76.2 Å². The average Bonchev–Trinajstić information content (AvgIpc) is 3.02. The van der Waals surface area contributed by atoms with Crippen molar-refractivity contribution in [3.63, 3.8) is 0 Å². The second-order valence-electron chi connectivity index (χ2n) is 11.8. The van der Waals surface area contributed by atoms with Gasteiger partial charge in [0.15, 0.2) is 22.8 Å². The van der Waals surface area contributed by atoms with E-state index >= 15 is 0 Å². The zero-order chi connectivity index (χ0) is 34.5. The maximum Gasteiger partial charge on any atom is 0.200 e. The normalized spacial score (nSPS) is 29.0. The highest BCUT2D eigenvalue weighted by molar-refractivity contribution is 6.18. The summed E-state index contributed by atoms with van der Waals surface area (Å²) in [6.07, 6.45) is 0.482. The monoisotopic (exact) mass is 642 g/mol. The molecule has 0 aromatic heterocycles. The molecule has 0 unspecified atom stereocenters. The van der Waals surface area contributed by atoms with Crippen molar-refractivity contribution >= 4 is 11.6 Å². The molecule has 0 saturated carbocycles. The molecule has 0 bridgehead atoms. The number of benzene rings is 2. The highest BCUT2D eigenvalue weighted by Gasteiger charge is 2.54. The average molecular weight is 643 g/mol. The Bertz CT molecular complexity index is 1510. The molecule has 6 N–H and O–H groups in total. The summed E-state index contributed by atoms with van der Waals surface area (Å²) in [6, 6.07) is 3.15. The number of ketones is 2. The van der Waals surface area contributed by atoms with Gasteiger partial charge >= 0.3 is 0 Å². The first-order valence-electron chi connectivity index (χ1n) is 14.7. The lowest BCUT2D eigenvalue weighted by molar-refractivity contribution is -0.103. The molecule has 0 saturated heterocycles. The number of aliphatic hydroxyl groups excluding tert-OH is 4. The molecule has 6 rings (SSSR count). The fraction of sp³-hybridized carbons (Fsp3) is 0.471. The molecule has 12 nitrogen and oxygen atoms in total. The summed E-state index contributed by atoms with van der Waals surface area (Å²) in [5.74, 6) is -1.66. The van der Waals surface area contributed by atoms with Gasteiger partial charge in [0, 0.05) is 50.7 Å². The standard InChI is InChI=1S/C32H34O10.2CH4O/c1-13-11-19-23(25(33)15-7-9-17(39-5)29(37)31(15,3)41-19)27(35)21(13)22-14(2)12-20-24(28(22)36)26(34)16-8-10-18(40-6)30(38)32(16,4)42-20;2*1-2/h7-8,11-12,17-18,29-30,35-38H,9-10H2,1-6H3;2*2H,1H3/t17-,18-,29+,30+,31+,32+;;/m0../s1. The molecule has 12 heteroatoms. The van der Waals surface area contributed by atoms with Crippen molar-refractivity contribution in [2.75, 3.05) is 28.4 Å². The molecule has 4 aliphatic rings. The van der Waals surface area contributed by atoms with Crippen LogP contribution in [0.3, 0.4) is 0 Å². The predicted molar refractivity (Wildman–Crippen MR) is 167 cm³/mol. The second-order valence-corrected chi connectivity index (χ2v) is 11.8. The number of hydrogen-bond acceptors (Lipinski definition) is 12. The molecule has 6 atom stereocenters. The minimum absolute atomic E-state index is 0.0912. The molecular formula is C34H42O12. The summed E-state index contributed by atoms with van der Waals surface area (Å²) >= 11 is 0. The van der Waals surface area contributed by atoms with Crippen LogP contribution in [-0.4, -0.2) is 106 Å². The molecule has 0 radical (unpaired) electrons. The summed E-state index contributed by atoms with van der Waals surface area (Å²) in [4.78, 5) is 27.6. The molecular weight excluding hydrogens is 600 g/mol. The van der Waals surface area contributed by atoms with Gasteiger partial charge in [0.05, 0.1) is 12.2 Å². The van der Waals surface area contributed by atoms with Crippen molar-refractivity contribution in [2.24, 2.45) is 0 Å². The van der Waals surface area contributed by atoms with Crippen LogP contribution in [0.15, 0.2) is 35.4 Å². The van der Waals surface area contributed by atoms with Gasteiger partial charge in [-0.1, -0.05) is 12.2 Å². The van der Waals surface area contributed by atoms with Gasteiger partial charge in [0.2, 0.25) is 0 Å². The van der Waals surface area contributed by atoms with Crippen LogP contribution in [0, 0.1) is 13.8 Å². The zero-order valence-electron chi connectivity index (χ0n) is 27.2. The summed E-state index contributed by atoms with van der Waals surface area (Å²) < 4.78 is 23.2. The third-order valence-electron chi connectivity index (χ3n) is 9.38. The van der Waals surface area contributed by atoms with Crippen LogP contribution >= 0.6 is 0 Å². The third-order valence-corrected chi connectivity index (χ3v) is 9.38. The van der Waals surface area contributed by atoms with Gasteiger partial charge in [-0.3, -0.25) is 9.59 Å². The largest absolute Gasteiger partial charge is 0.506 e. The minimum atomic E-state index is -1.39. The van der Waals surface area contributed by atoms with E-state index in [1.165, 1.54) is 14.2 Å². The second kappa shape index (κ2) is 12.8. The van der Waals surface area contributed by atoms with Gasteiger partial charge in [-0.05, 0) is 63.8 Å². The Morgan fingerprint density at radius 1 is 0.674 bits per heavy atom. The van der Waals surface area contributed by atoms with Crippen LogP contribution in [0.5, 0.6) is 23.0 Å². The van der Waals surface area contributed by atoms with E-state index in [0.29, 0.717) is 11.1 Å². The summed E-state index contributed by atoms with van der Waals surface area (Å²) in [5.41, 5.74) is -1.31. The van der Waals surface area contributed by atoms with Crippen LogP contribution in [0.1, 0.15) is 58.5 Å². The number of aryl methyl sites for hydroxylation is 2. The summed E-state index contributed by atoms with van der Waals surface area (Å²) in [7, 11) is 4.95. The number of methoxy groups -OCH3 is 2. The maximum atomic E-state index is 13.8. The molecule has 0 spiro atoms. The van der Waals surface area contributed by atoms with Gasteiger partial charge < -0.3 is 49.6 Å². The first-order valence-corrected chi connectivity index (χ1v) is 14.7. The van der Waals surface area contributed by atoms with Crippen LogP contribution in [-0.2, 0) is 9.47 Å². The lowest BCUT2D eigenvalue weighted by atomic mass is 9.74. The van der Waals surface area contributed by atoms with E-state index in [-0.39, 0.29) is 57.7 Å². The smallest absolute Gasteiger partial charge is 0.200 e. The molecule has 2 heterocycles. The minimum Gasteiger partial charge on any atom is -0.506 e. The van der Waals surface area contributed by atoms with Gasteiger partial charge in [0.1, 0.15) is 46.3 Å². The van der Waals surface area contributed by atoms with Crippen molar-refractivity contribution in [3.05, 3.63) is 57.7 Å². The van der Waals surface area contributed by atoms with E-state index in [1.54, 1.807) is 52.0 Å². The lowest BCUT2D eigenvalue weighted by Crippen LogP contribution is -2.58. The molecule has 0 fully saturated rings. The Morgan fingerprint density at radius 2 is 1.00 bits per heavy atom. The van der Waals surface area contributed by atoms with Crippen LogP contribution in [0.4, 0.5) is 0 Å². The first kappa shape index (κ1) is 35.1. The predicted octanol–water partition coefficient (Wildman–Crippen LogP) is 2.68. The molecule has 250 valence electrons. The Kier molecular flexibility index (Phi) is 9.75. The molecule has 46 heavy (non-hydrogen) atoms. The van der Waals surface area contributed by atoms with Gasteiger partial charge in [-0.15, -0.1) is 0 Å².